The van der Waals surface area contributed by atoms with E-state index in [4.69, 9.17) is 9.73 Å². The van der Waals surface area contributed by atoms with E-state index < -0.39 is 5.60 Å². The first-order valence-electron chi connectivity index (χ1n) is 10.1. The van der Waals surface area contributed by atoms with Crippen molar-refractivity contribution in [3.8, 4) is 0 Å². The summed E-state index contributed by atoms with van der Waals surface area (Å²) >= 11 is 0. The molecule has 0 unspecified atom stereocenters. The molecule has 0 aromatic carbocycles. The van der Waals surface area contributed by atoms with E-state index in [2.05, 4.69) is 20.8 Å². The van der Waals surface area contributed by atoms with Crippen LogP contribution in [0.4, 0.5) is 4.79 Å². The maximum Gasteiger partial charge on any atom is 0.410 e. The summed E-state index contributed by atoms with van der Waals surface area (Å²) in [6.07, 6.45) is 4.58. The Morgan fingerprint density at radius 1 is 1.17 bits per heavy atom. The van der Waals surface area contributed by atoms with Crippen LogP contribution >= 0.6 is 24.0 Å². The highest BCUT2D eigenvalue weighted by Crippen LogP contribution is 2.18. The van der Waals surface area contributed by atoms with Crippen molar-refractivity contribution < 1.29 is 9.53 Å². The third-order valence-electron chi connectivity index (χ3n) is 5.13. The zero-order chi connectivity index (χ0) is 20.3. The summed E-state index contributed by atoms with van der Waals surface area (Å²) in [7, 11) is 1.95. The first kappa shape index (κ1) is 23.7. The van der Waals surface area contributed by atoms with E-state index in [0.29, 0.717) is 25.7 Å². The van der Waals surface area contributed by atoms with Crippen LogP contribution in [-0.2, 0) is 18.3 Å². The largest absolute Gasteiger partial charge is 0.444 e. The molecule has 164 valence electrons. The highest BCUT2D eigenvalue weighted by molar-refractivity contribution is 14.0. The Balaban J connectivity index is 0.00000300. The lowest BCUT2D eigenvalue weighted by molar-refractivity contribution is 0.00698. The van der Waals surface area contributed by atoms with E-state index in [9.17, 15) is 4.79 Å². The van der Waals surface area contributed by atoms with Crippen molar-refractivity contribution in [2.45, 2.75) is 77.6 Å². The molecule has 0 bridgehead atoms. The lowest BCUT2D eigenvalue weighted by atomic mass is 10.1. The van der Waals surface area contributed by atoms with Gasteiger partial charge in [-0.05, 0) is 40.5 Å². The molecule has 2 fully saturated rings. The Kier molecular flexibility index (Phi) is 8.12. The summed E-state index contributed by atoms with van der Waals surface area (Å²) in [4.78, 5) is 18.5. The van der Waals surface area contributed by atoms with Crippen molar-refractivity contribution in [3.05, 3.63) is 11.6 Å². The summed E-state index contributed by atoms with van der Waals surface area (Å²) in [6.45, 7) is 9.25. The van der Waals surface area contributed by atoms with Gasteiger partial charge in [-0.25, -0.2) is 9.79 Å². The molecule has 9 nitrogen and oxygen atoms in total. The minimum atomic E-state index is -0.472. The van der Waals surface area contributed by atoms with Gasteiger partial charge in [0.15, 0.2) is 11.8 Å². The molecule has 1 aliphatic carbocycles. The van der Waals surface area contributed by atoms with Crippen molar-refractivity contribution in [2.75, 3.05) is 13.1 Å². The predicted molar refractivity (Wildman–Crippen MR) is 122 cm³/mol. The highest BCUT2D eigenvalue weighted by atomic mass is 127. The van der Waals surface area contributed by atoms with Crippen LogP contribution in [0.25, 0.3) is 0 Å². The van der Waals surface area contributed by atoms with Crippen molar-refractivity contribution in [3.63, 3.8) is 0 Å². The zero-order valence-electron chi connectivity index (χ0n) is 18.1. The molecule has 1 aromatic heterocycles. The molecule has 0 radical (unpaired) electrons. The third-order valence-corrected chi connectivity index (χ3v) is 5.13. The molecule has 0 atom stereocenters. The molecule has 0 spiro atoms. The fraction of sp³-hybridized carbons (Fsp3) is 0.789. The molecular formula is C19H34IN7O2. The van der Waals surface area contributed by atoms with Crippen molar-refractivity contribution >= 4 is 36.0 Å². The van der Waals surface area contributed by atoms with Crippen LogP contribution in [0.3, 0.4) is 0 Å². The fourth-order valence-electron chi connectivity index (χ4n) is 3.37. The average Bonchev–Trinajstić information content (AvgIpc) is 3.17. The molecule has 1 aliphatic heterocycles. The van der Waals surface area contributed by atoms with Gasteiger partial charge in [-0.3, -0.25) is 0 Å². The molecule has 1 saturated carbocycles. The molecule has 2 aliphatic rings. The van der Waals surface area contributed by atoms with Crippen molar-refractivity contribution in [1.29, 1.82) is 0 Å². The third kappa shape index (κ3) is 6.71. The second-order valence-electron chi connectivity index (χ2n) is 8.74. The van der Waals surface area contributed by atoms with Gasteiger partial charge >= 0.3 is 6.09 Å². The minimum Gasteiger partial charge on any atom is -0.444 e. The van der Waals surface area contributed by atoms with Crippen LogP contribution in [0.1, 0.15) is 58.1 Å². The van der Waals surface area contributed by atoms with Crippen LogP contribution in [0.2, 0.25) is 0 Å². The van der Waals surface area contributed by atoms with Gasteiger partial charge in [0.1, 0.15) is 18.0 Å². The van der Waals surface area contributed by atoms with Gasteiger partial charge in [-0.15, -0.1) is 34.2 Å². The van der Waals surface area contributed by atoms with E-state index in [1.165, 1.54) is 25.7 Å². The number of likely N-dealkylation sites (tertiary alicyclic amines) is 1. The fourth-order valence-corrected chi connectivity index (χ4v) is 3.37. The number of aliphatic imine (C=N–C) groups is 1. The van der Waals surface area contributed by atoms with Gasteiger partial charge < -0.3 is 24.8 Å². The van der Waals surface area contributed by atoms with Crippen molar-refractivity contribution in [2.24, 2.45) is 12.0 Å². The Hall–Kier alpha value is -1.59. The van der Waals surface area contributed by atoms with Gasteiger partial charge in [0.05, 0.1) is 6.04 Å². The minimum absolute atomic E-state index is 0. The molecular weight excluding hydrogens is 485 g/mol. The number of nitrogens with zero attached hydrogens (tertiary/aromatic N) is 5. The molecule has 2 N–H and O–H groups in total. The summed E-state index contributed by atoms with van der Waals surface area (Å²) in [5.74, 6) is 2.48. The Morgan fingerprint density at radius 3 is 2.34 bits per heavy atom. The number of guanidine groups is 1. The van der Waals surface area contributed by atoms with Gasteiger partial charge in [0, 0.05) is 26.2 Å². The maximum atomic E-state index is 12.1. The van der Waals surface area contributed by atoms with E-state index in [0.717, 1.165) is 17.6 Å². The number of carbonyl (C=O) groups excluding carboxylic acids is 1. The summed E-state index contributed by atoms with van der Waals surface area (Å²) in [6, 6.07) is 0.621. The second-order valence-corrected chi connectivity index (χ2v) is 8.74. The Labute approximate surface area is 190 Å². The van der Waals surface area contributed by atoms with E-state index in [-0.39, 0.29) is 36.1 Å². The first-order chi connectivity index (χ1) is 13.2. The van der Waals surface area contributed by atoms with Gasteiger partial charge in [0.25, 0.3) is 0 Å². The lowest BCUT2D eigenvalue weighted by Crippen LogP contribution is -2.63. The number of amides is 1. The van der Waals surface area contributed by atoms with E-state index in [1.807, 2.05) is 39.3 Å². The molecule has 10 heteroatoms. The number of halogens is 1. The van der Waals surface area contributed by atoms with Crippen LogP contribution in [0.15, 0.2) is 4.99 Å². The zero-order valence-corrected chi connectivity index (χ0v) is 20.4. The molecule has 1 amide bonds. The average molecular weight is 519 g/mol. The van der Waals surface area contributed by atoms with Crippen LogP contribution < -0.4 is 10.6 Å². The second kappa shape index (κ2) is 9.94. The number of aromatic nitrogens is 3. The monoisotopic (exact) mass is 519 g/mol. The van der Waals surface area contributed by atoms with Crippen LogP contribution in [-0.4, -0.2) is 62.5 Å². The molecule has 29 heavy (non-hydrogen) atoms. The number of aryl methyl sites for hydroxylation is 1. The molecule has 1 saturated heterocycles. The van der Waals surface area contributed by atoms with Crippen molar-refractivity contribution in [1.82, 2.24) is 30.3 Å². The maximum absolute atomic E-state index is 12.1. The number of carbonyl (C=O) groups is 1. The topological polar surface area (TPSA) is 96.7 Å². The Morgan fingerprint density at radius 2 is 1.79 bits per heavy atom. The molecule has 2 heterocycles. The summed E-state index contributed by atoms with van der Waals surface area (Å²) in [5.41, 5.74) is -0.472. The van der Waals surface area contributed by atoms with Crippen LogP contribution in [0.5, 0.6) is 0 Å². The standard InChI is InChI=1S/C19H33N7O2.HI/c1-13-23-24-16(25(13)5)10-20-17(21-14-8-6-7-9-14)22-15-11-26(12-15)18(27)28-19(2,3)4;/h14-15H,6-12H2,1-5H3,(H2,20,21,22);1H. The van der Waals surface area contributed by atoms with E-state index in [1.54, 1.807) is 4.90 Å². The summed E-state index contributed by atoms with van der Waals surface area (Å²) < 4.78 is 7.37. The highest BCUT2D eigenvalue weighted by Gasteiger charge is 2.34. The Bertz CT molecular complexity index is 717. The van der Waals surface area contributed by atoms with E-state index >= 15 is 0 Å². The predicted octanol–water partition coefficient (Wildman–Crippen LogP) is 2.34. The lowest BCUT2D eigenvalue weighted by Gasteiger charge is -2.40. The number of hydrogen-bond donors (Lipinski definition) is 2. The number of nitrogens with one attached hydrogen (secondary N) is 2. The number of ether oxygens (including phenoxy) is 1. The summed E-state index contributed by atoms with van der Waals surface area (Å²) in [5, 5.41) is 15.3. The number of hydrogen-bond acceptors (Lipinski definition) is 5. The van der Waals surface area contributed by atoms with Gasteiger partial charge in [0.2, 0.25) is 0 Å². The number of rotatable bonds is 4. The quantitative estimate of drug-likeness (QED) is 0.360. The smallest absolute Gasteiger partial charge is 0.410 e. The van der Waals surface area contributed by atoms with Gasteiger partial charge in [-0.2, -0.15) is 0 Å². The molecule has 3 rings (SSSR count). The van der Waals surface area contributed by atoms with Crippen LogP contribution in [0, 0.1) is 6.92 Å². The normalized spacial score (nSPS) is 18.2. The first-order valence-corrected chi connectivity index (χ1v) is 10.1. The molecule has 1 aromatic rings. The SMILES string of the molecule is Cc1nnc(CN=C(NC2CCCC2)NC2CN(C(=O)OC(C)(C)C)C2)n1C.I. The van der Waals surface area contributed by atoms with Gasteiger partial charge in [-0.1, -0.05) is 12.8 Å².